The van der Waals surface area contributed by atoms with Crippen molar-refractivity contribution in [1.82, 2.24) is 9.55 Å². The standard InChI is InChI=1S/C15H13FN2S/c1-2-10-5-3-4-6-13(10)18-14-8-7-11(16)9-12(14)17-15(18)19/h3-9H,2H2,1H3,(H,17,19). The lowest BCUT2D eigenvalue weighted by atomic mass is 10.1. The largest absolute Gasteiger partial charge is 0.330 e. The molecule has 96 valence electrons. The molecular formula is C15H13FN2S. The zero-order valence-corrected chi connectivity index (χ0v) is 11.3. The lowest BCUT2D eigenvalue weighted by Gasteiger charge is -2.09. The van der Waals surface area contributed by atoms with E-state index in [9.17, 15) is 4.39 Å². The molecule has 0 unspecified atom stereocenters. The number of fused-ring (bicyclic) bond motifs is 1. The van der Waals surface area contributed by atoms with Gasteiger partial charge in [-0.05, 0) is 48.5 Å². The molecule has 19 heavy (non-hydrogen) atoms. The molecule has 2 nitrogen and oxygen atoms in total. The highest BCUT2D eigenvalue weighted by Gasteiger charge is 2.09. The van der Waals surface area contributed by atoms with Crippen molar-refractivity contribution in [2.45, 2.75) is 13.3 Å². The lowest BCUT2D eigenvalue weighted by Crippen LogP contribution is -1.98. The number of aromatic nitrogens is 2. The Bertz CT molecular complexity index is 801. The maximum atomic E-state index is 13.3. The fourth-order valence-electron chi connectivity index (χ4n) is 2.35. The second kappa shape index (κ2) is 4.63. The molecule has 1 N–H and O–H groups in total. The minimum Gasteiger partial charge on any atom is -0.330 e. The van der Waals surface area contributed by atoms with Crippen LogP contribution in [-0.4, -0.2) is 9.55 Å². The minimum atomic E-state index is -0.264. The van der Waals surface area contributed by atoms with Gasteiger partial charge in [-0.1, -0.05) is 25.1 Å². The number of halogens is 1. The third-order valence-electron chi connectivity index (χ3n) is 3.26. The molecule has 0 saturated carbocycles. The van der Waals surface area contributed by atoms with Crippen LogP contribution in [0.2, 0.25) is 0 Å². The molecule has 3 aromatic rings. The number of hydrogen-bond donors (Lipinski definition) is 1. The number of H-pyrrole nitrogens is 1. The quantitative estimate of drug-likeness (QED) is 0.686. The molecule has 0 radical (unpaired) electrons. The van der Waals surface area contributed by atoms with Gasteiger partial charge in [0.15, 0.2) is 4.77 Å². The molecule has 4 heteroatoms. The number of nitrogens with zero attached hydrogens (tertiary/aromatic N) is 1. The normalized spacial score (nSPS) is 11.1. The number of imidazole rings is 1. The second-order valence-electron chi connectivity index (χ2n) is 4.41. The first-order valence-electron chi connectivity index (χ1n) is 6.19. The van der Waals surface area contributed by atoms with Crippen molar-refractivity contribution in [2.75, 3.05) is 0 Å². The van der Waals surface area contributed by atoms with Crippen molar-refractivity contribution in [2.24, 2.45) is 0 Å². The van der Waals surface area contributed by atoms with Gasteiger partial charge in [-0.25, -0.2) is 4.39 Å². The topological polar surface area (TPSA) is 20.7 Å². The fourth-order valence-corrected chi connectivity index (χ4v) is 2.66. The highest BCUT2D eigenvalue weighted by molar-refractivity contribution is 7.71. The van der Waals surface area contributed by atoms with Crippen molar-refractivity contribution >= 4 is 23.3 Å². The summed E-state index contributed by atoms with van der Waals surface area (Å²) in [5, 5.41) is 0. The van der Waals surface area contributed by atoms with E-state index in [4.69, 9.17) is 12.2 Å². The van der Waals surface area contributed by atoms with Crippen LogP contribution in [0.5, 0.6) is 0 Å². The van der Waals surface area contributed by atoms with Crippen LogP contribution >= 0.6 is 12.2 Å². The molecule has 0 aliphatic heterocycles. The van der Waals surface area contributed by atoms with E-state index in [0.29, 0.717) is 4.77 Å². The van der Waals surface area contributed by atoms with Crippen LogP contribution in [0.1, 0.15) is 12.5 Å². The average Bonchev–Trinajstić information content (AvgIpc) is 2.73. The van der Waals surface area contributed by atoms with Gasteiger partial charge in [-0.3, -0.25) is 4.57 Å². The van der Waals surface area contributed by atoms with E-state index in [-0.39, 0.29) is 5.82 Å². The van der Waals surface area contributed by atoms with Crippen LogP contribution in [0.3, 0.4) is 0 Å². The highest BCUT2D eigenvalue weighted by Crippen LogP contribution is 2.23. The maximum Gasteiger partial charge on any atom is 0.182 e. The molecule has 0 bridgehead atoms. The molecule has 3 rings (SSSR count). The molecular weight excluding hydrogens is 259 g/mol. The molecule has 0 fully saturated rings. The van der Waals surface area contributed by atoms with E-state index in [2.05, 4.69) is 18.0 Å². The van der Waals surface area contributed by atoms with E-state index in [1.165, 1.54) is 17.7 Å². The minimum absolute atomic E-state index is 0.264. The summed E-state index contributed by atoms with van der Waals surface area (Å²) in [7, 11) is 0. The van der Waals surface area contributed by atoms with E-state index in [0.717, 1.165) is 23.1 Å². The summed E-state index contributed by atoms with van der Waals surface area (Å²) in [6.45, 7) is 2.11. The van der Waals surface area contributed by atoms with E-state index in [1.807, 2.05) is 22.8 Å². The van der Waals surface area contributed by atoms with Crippen LogP contribution in [0, 0.1) is 10.6 Å². The van der Waals surface area contributed by atoms with E-state index < -0.39 is 0 Å². The van der Waals surface area contributed by atoms with Crippen LogP contribution < -0.4 is 0 Å². The second-order valence-corrected chi connectivity index (χ2v) is 4.80. The van der Waals surface area contributed by atoms with Crippen molar-refractivity contribution in [3.05, 3.63) is 58.6 Å². The first-order chi connectivity index (χ1) is 9.20. The number of rotatable bonds is 2. The summed E-state index contributed by atoms with van der Waals surface area (Å²) < 4.78 is 15.8. The number of hydrogen-bond acceptors (Lipinski definition) is 1. The Morgan fingerprint density at radius 2 is 2.00 bits per heavy atom. The number of benzene rings is 2. The van der Waals surface area contributed by atoms with Gasteiger partial charge in [0.05, 0.1) is 16.7 Å². The third kappa shape index (κ3) is 1.98. The van der Waals surface area contributed by atoms with Gasteiger partial charge in [0.25, 0.3) is 0 Å². The fraction of sp³-hybridized carbons (Fsp3) is 0.133. The monoisotopic (exact) mass is 272 g/mol. The Labute approximate surface area is 115 Å². The number of para-hydroxylation sites is 1. The summed E-state index contributed by atoms with van der Waals surface area (Å²) in [6.07, 6.45) is 0.922. The summed E-state index contributed by atoms with van der Waals surface area (Å²) in [5.74, 6) is -0.264. The molecule has 2 aromatic carbocycles. The van der Waals surface area contributed by atoms with Crippen LogP contribution in [0.25, 0.3) is 16.7 Å². The molecule has 0 saturated heterocycles. The molecule has 1 heterocycles. The predicted molar refractivity (Wildman–Crippen MR) is 77.8 cm³/mol. The highest BCUT2D eigenvalue weighted by atomic mass is 32.1. The van der Waals surface area contributed by atoms with E-state index in [1.54, 1.807) is 6.07 Å². The van der Waals surface area contributed by atoms with Gasteiger partial charge in [0.1, 0.15) is 5.82 Å². The van der Waals surface area contributed by atoms with Gasteiger partial charge >= 0.3 is 0 Å². The Morgan fingerprint density at radius 1 is 1.21 bits per heavy atom. The average molecular weight is 272 g/mol. The van der Waals surface area contributed by atoms with Gasteiger partial charge < -0.3 is 4.98 Å². The molecule has 0 amide bonds. The lowest BCUT2D eigenvalue weighted by molar-refractivity contribution is 0.629. The first kappa shape index (κ1) is 12.1. The first-order valence-corrected chi connectivity index (χ1v) is 6.60. The SMILES string of the molecule is CCc1ccccc1-n1c(=S)[nH]c2cc(F)ccc21. The summed E-state index contributed by atoms with van der Waals surface area (Å²) in [6, 6.07) is 12.8. The molecule has 0 aliphatic carbocycles. The predicted octanol–water partition coefficient (Wildman–Crippen LogP) is 4.39. The number of aryl methyl sites for hydroxylation is 1. The Morgan fingerprint density at radius 3 is 2.79 bits per heavy atom. The van der Waals surface area contributed by atoms with Crippen molar-refractivity contribution in [3.63, 3.8) is 0 Å². The maximum absolute atomic E-state index is 13.3. The molecule has 0 aliphatic rings. The van der Waals surface area contributed by atoms with Gasteiger partial charge in [0, 0.05) is 0 Å². The number of nitrogens with one attached hydrogen (secondary N) is 1. The summed E-state index contributed by atoms with van der Waals surface area (Å²) in [4.78, 5) is 3.06. The van der Waals surface area contributed by atoms with Crippen LogP contribution in [0.4, 0.5) is 4.39 Å². The van der Waals surface area contributed by atoms with Crippen molar-refractivity contribution < 1.29 is 4.39 Å². The van der Waals surface area contributed by atoms with Crippen LogP contribution in [-0.2, 0) is 6.42 Å². The zero-order chi connectivity index (χ0) is 13.4. The summed E-state index contributed by atoms with van der Waals surface area (Å²) in [5.41, 5.74) is 3.87. The van der Waals surface area contributed by atoms with Gasteiger partial charge in [-0.2, -0.15) is 0 Å². The molecule has 1 aromatic heterocycles. The van der Waals surface area contributed by atoms with Gasteiger partial charge in [0.2, 0.25) is 0 Å². The number of aromatic amines is 1. The molecule has 0 atom stereocenters. The Hall–Kier alpha value is -1.94. The van der Waals surface area contributed by atoms with Crippen LogP contribution in [0.15, 0.2) is 42.5 Å². The smallest absolute Gasteiger partial charge is 0.182 e. The van der Waals surface area contributed by atoms with Gasteiger partial charge in [-0.15, -0.1) is 0 Å². The summed E-state index contributed by atoms with van der Waals surface area (Å²) >= 11 is 5.37. The van der Waals surface area contributed by atoms with Crippen molar-refractivity contribution in [1.29, 1.82) is 0 Å². The Kier molecular flexibility index (Phi) is 2.95. The molecule has 0 spiro atoms. The Balaban J connectivity index is 2.36. The zero-order valence-electron chi connectivity index (χ0n) is 10.5. The van der Waals surface area contributed by atoms with E-state index >= 15 is 0 Å². The third-order valence-corrected chi connectivity index (χ3v) is 3.54. The van der Waals surface area contributed by atoms with Crippen molar-refractivity contribution in [3.8, 4) is 5.69 Å².